The molecule has 0 saturated carbocycles. The van der Waals surface area contributed by atoms with Crippen LogP contribution in [0.3, 0.4) is 0 Å². The Morgan fingerprint density at radius 1 is 0.800 bits per heavy atom. The van der Waals surface area contributed by atoms with Crippen LogP contribution in [0.4, 0.5) is 0 Å². The SMILES string of the molecule is SCC1=CSC(c2ccccc2C2SC=C(CS)S2)S1. The molecule has 2 unspecified atom stereocenters. The van der Waals surface area contributed by atoms with Crippen LogP contribution in [0.1, 0.15) is 20.3 Å². The van der Waals surface area contributed by atoms with Gasteiger partial charge in [0.25, 0.3) is 0 Å². The third kappa shape index (κ3) is 3.41. The van der Waals surface area contributed by atoms with Gasteiger partial charge in [0.2, 0.25) is 0 Å². The predicted molar refractivity (Wildman–Crippen MR) is 106 cm³/mol. The highest BCUT2D eigenvalue weighted by Gasteiger charge is 2.27. The Hall–Kier alpha value is 0.800. The molecule has 2 atom stereocenters. The molecule has 6 heteroatoms. The van der Waals surface area contributed by atoms with Crippen molar-refractivity contribution in [2.75, 3.05) is 11.5 Å². The topological polar surface area (TPSA) is 0 Å². The standard InChI is InChI=1S/C14H14S6/c15-5-9-7-17-13(19-9)11-3-1-2-4-12(11)14-18-8-10(6-16)20-14/h1-4,7-8,13-16H,5-6H2. The summed E-state index contributed by atoms with van der Waals surface area (Å²) in [5.41, 5.74) is 2.91. The summed E-state index contributed by atoms with van der Waals surface area (Å²) in [6, 6.07) is 8.84. The van der Waals surface area contributed by atoms with E-state index in [2.05, 4.69) is 60.3 Å². The number of benzene rings is 1. The highest BCUT2D eigenvalue weighted by molar-refractivity contribution is 8.23. The Bertz CT molecular complexity index is 501. The Morgan fingerprint density at radius 3 is 1.60 bits per heavy atom. The van der Waals surface area contributed by atoms with Gasteiger partial charge in [0.05, 0.1) is 9.16 Å². The molecule has 0 aromatic heterocycles. The first-order valence-electron chi connectivity index (χ1n) is 6.14. The van der Waals surface area contributed by atoms with Gasteiger partial charge in [-0.1, -0.05) is 24.3 Å². The highest BCUT2D eigenvalue weighted by Crippen LogP contribution is 2.57. The van der Waals surface area contributed by atoms with E-state index in [-0.39, 0.29) is 0 Å². The van der Waals surface area contributed by atoms with E-state index in [1.54, 1.807) is 0 Å². The van der Waals surface area contributed by atoms with Crippen LogP contribution in [0.2, 0.25) is 0 Å². The Kier molecular flexibility index (Phi) is 5.79. The van der Waals surface area contributed by atoms with Crippen LogP contribution in [-0.2, 0) is 0 Å². The van der Waals surface area contributed by atoms with Crippen LogP contribution in [0, 0.1) is 0 Å². The maximum atomic E-state index is 4.38. The van der Waals surface area contributed by atoms with Crippen LogP contribution >= 0.6 is 72.3 Å². The van der Waals surface area contributed by atoms with Gasteiger partial charge in [-0.25, -0.2) is 0 Å². The van der Waals surface area contributed by atoms with E-state index in [1.165, 1.54) is 20.9 Å². The average Bonchev–Trinajstić information content (AvgIpc) is 3.16. The lowest BCUT2D eigenvalue weighted by Crippen LogP contribution is -1.96. The lowest BCUT2D eigenvalue weighted by atomic mass is 10.1. The van der Waals surface area contributed by atoms with Gasteiger partial charge in [-0.3, -0.25) is 0 Å². The van der Waals surface area contributed by atoms with E-state index >= 15 is 0 Å². The molecular formula is C14H14S6. The molecule has 0 saturated heterocycles. The third-order valence-electron chi connectivity index (χ3n) is 2.98. The summed E-state index contributed by atoms with van der Waals surface area (Å²) in [5.74, 6) is 1.68. The van der Waals surface area contributed by atoms with Gasteiger partial charge >= 0.3 is 0 Å². The molecule has 0 amide bonds. The fourth-order valence-corrected chi connectivity index (χ4v) is 8.02. The summed E-state index contributed by atoms with van der Waals surface area (Å²) >= 11 is 16.5. The molecule has 106 valence electrons. The number of hydrogen-bond donors (Lipinski definition) is 2. The van der Waals surface area contributed by atoms with E-state index in [4.69, 9.17) is 0 Å². The van der Waals surface area contributed by atoms with Gasteiger partial charge in [0.1, 0.15) is 0 Å². The molecule has 0 nitrogen and oxygen atoms in total. The Balaban J connectivity index is 1.80. The molecule has 1 aromatic carbocycles. The summed E-state index contributed by atoms with van der Waals surface area (Å²) in [6.07, 6.45) is 0. The van der Waals surface area contributed by atoms with Crippen molar-refractivity contribution in [2.45, 2.75) is 9.16 Å². The van der Waals surface area contributed by atoms with Crippen molar-refractivity contribution < 1.29 is 0 Å². The smallest absolute Gasteiger partial charge is 0.0840 e. The van der Waals surface area contributed by atoms with Crippen molar-refractivity contribution >= 4 is 72.3 Å². The molecule has 2 heterocycles. The first-order valence-corrected chi connectivity index (χ1v) is 11.1. The van der Waals surface area contributed by atoms with E-state index in [1.807, 2.05) is 47.0 Å². The molecule has 0 bridgehead atoms. The number of thiol groups is 2. The summed E-state index contributed by atoms with van der Waals surface area (Å²) in [4.78, 5) is 2.75. The second-order valence-corrected chi connectivity index (χ2v) is 9.94. The minimum atomic E-state index is 0.481. The molecule has 1 aromatic rings. The molecule has 3 rings (SSSR count). The lowest BCUT2D eigenvalue weighted by Gasteiger charge is -2.18. The van der Waals surface area contributed by atoms with E-state index in [0.717, 1.165) is 11.5 Å². The van der Waals surface area contributed by atoms with Gasteiger partial charge in [-0.2, -0.15) is 25.3 Å². The fourth-order valence-electron chi connectivity index (χ4n) is 2.02. The van der Waals surface area contributed by atoms with Gasteiger partial charge in [-0.15, -0.1) is 47.0 Å². The van der Waals surface area contributed by atoms with Crippen molar-refractivity contribution in [1.29, 1.82) is 0 Å². The van der Waals surface area contributed by atoms with E-state index in [0.29, 0.717) is 9.16 Å². The van der Waals surface area contributed by atoms with Gasteiger partial charge < -0.3 is 0 Å². The Morgan fingerprint density at radius 2 is 1.25 bits per heavy atom. The summed E-state index contributed by atoms with van der Waals surface area (Å²) in [7, 11) is 0. The number of rotatable bonds is 4. The van der Waals surface area contributed by atoms with Crippen LogP contribution < -0.4 is 0 Å². The number of hydrogen-bond acceptors (Lipinski definition) is 6. The van der Waals surface area contributed by atoms with Crippen LogP contribution in [0.25, 0.3) is 0 Å². The maximum Gasteiger partial charge on any atom is 0.0840 e. The maximum absolute atomic E-state index is 4.38. The first-order chi connectivity index (χ1) is 9.81. The zero-order valence-corrected chi connectivity index (χ0v) is 15.6. The highest BCUT2D eigenvalue weighted by atomic mass is 32.2. The molecule has 20 heavy (non-hydrogen) atoms. The van der Waals surface area contributed by atoms with Gasteiger partial charge in [0.15, 0.2) is 0 Å². The second-order valence-electron chi connectivity index (χ2n) is 4.29. The van der Waals surface area contributed by atoms with Gasteiger partial charge in [-0.05, 0) is 21.9 Å². The summed E-state index contributed by atoms with van der Waals surface area (Å²) < 4.78 is 0.962. The molecule has 0 spiro atoms. The molecule has 2 aliphatic heterocycles. The Labute approximate surface area is 148 Å². The molecule has 0 radical (unpaired) electrons. The summed E-state index contributed by atoms with van der Waals surface area (Å²) in [5, 5.41) is 4.51. The van der Waals surface area contributed by atoms with Crippen molar-refractivity contribution in [3.63, 3.8) is 0 Å². The second kappa shape index (κ2) is 7.38. The molecule has 0 fully saturated rings. The van der Waals surface area contributed by atoms with Crippen molar-refractivity contribution in [3.8, 4) is 0 Å². The largest absolute Gasteiger partial charge is 0.174 e. The molecule has 0 N–H and O–H groups in total. The first kappa shape index (κ1) is 15.7. The molecule has 2 aliphatic rings. The van der Waals surface area contributed by atoms with Crippen LogP contribution in [0.5, 0.6) is 0 Å². The monoisotopic (exact) mass is 374 g/mol. The zero-order chi connectivity index (χ0) is 13.9. The minimum absolute atomic E-state index is 0.481. The van der Waals surface area contributed by atoms with Crippen LogP contribution in [-0.4, -0.2) is 11.5 Å². The fraction of sp³-hybridized carbons (Fsp3) is 0.286. The van der Waals surface area contributed by atoms with E-state index < -0.39 is 0 Å². The minimum Gasteiger partial charge on any atom is -0.174 e. The van der Waals surface area contributed by atoms with Crippen molar-refractivity contribution in [2.24, 2.45) is 0 Å². The average molecular weight is 375 g/mol. The van der Waals surface area contributed by atoms with Crippen LogP contribution in [0.15, 0.2) is 44.9 Å². The summed E-state index contributed by atoms with van der Waals surface area (Å²) in [6.45, 7) is 0. The zero-order valence-electron chi connectivity index (χ0n) is 10.6. The van der Waals surface area contributed by atoms with Crippen molar-refractivity contribution in [3.05, 3.63) is 56.0 Å². The molecular weight excluding hydrogens is 361 g/mol. The van der Waals surface area contributed by atoms with E-state index in [9.17, 15) is 0 Å². The normalized spacial score (nSPS) is 25.7. The molecule has 0 aliphatic carbocycles. The number of thioether (sulfide) groups is 4. The van der Waals surface area contributed by atoms with Crippen molar-refractivity contribution in [1.82, 2.24) is 0 Å². The van der Waals surface area contributed by atoms with Gasteiger partial charge in [0, 0.05) is 21.3 Å². The predicted octanol–water partition coefficient (Wildman–Crippen LogP) is 6.19. The quantitative estimate of drug-likeness (QED) is 0.603. The third-order valence-corrected chi connectivity index (χ3v) is 9.54. The lowest BCUT2D eigenvalue weighted by molar-refractivity contribution is 1.26.